The summed E-state index contributed by atoms with van der Waals surface area (Å²) in [4.78, 5) is 12.0. The van der Waals surface area contributed by atoms with Crippen molar-refractivity contribution >= 4 is 5.91 Å². The number of benzene rings is 1. The monoisotopic (exact) mass is 246 g/mol. The number of hydrogen-bond donors (Lipinski definition) is 2. The van der Waals surface area contributed by atoms with E-state index in [2.05, 4.69) is 29.7 Å². The van der Waals surface area contributed by atoms with Gasteiger partial charge in [0, 0.05) is 6.54 Å². The Hall–Kier alpha value is -1.35. The molecule has 2 N–H and O–H groups in total. The van der Waals surface area contributed by atoms with E-state index in [9.17, 15) is 4.79 Å². The van der Waals surface area contributed by atoms with Crippen LogP contribution in [0.15, 0.2) is 24.3 Å². The Morgan fingerprint density at radius 1 is 1.33 bits per heavy atom. The van der Waals surface area contributed by atoms with Crippen LogP contribution in [-0.2, 0) is 17.8 Å². The van der Waals surface area contributed by atoms with Gasteiger partial charge in [0.05, 0.1) is 6.04 Å². The average Bonchev–Trinajstić information content (AvgIpc) is 2.46. The molecule has 18 heavy (non-hydrogen) atoms. The maximum Gasteiger partial charge on any atom is 0.237 e. The van der Waals surface area contributed by atoms with E-state index in [4.69, 9.17) is 0 Å². The minimum Gasteiger partial charge on any atom is -0.351 e. The highest BCUT2D eigenvalue weighted by molar-refractivity contribution is 5.81. The lowest BCUT2D eigenvalue weighted by molar-refractivity contribution is -0.123. The van der Waals surface area contributed by atoms with Gasteiger partial charge in [-0.3, -0.25) is 4.79 Å². The summed E-state index contributed by atoms with van der Waals surface area (Å²) in [5, 5.41) is 6.31. The second-order valence-electron chi connectivity index (χ2n) is 4.84. The molecule has 98 valence electrons. The van der Waals surface area contributed by atoms with Crippen LogP contribution in [0.5, 0.6) is 0 Å². The number of carbonyl (C=O) groups excluding carboxylic acids is 1. The third-order valence-corrected chi connectivity index (χ3v) is 3.58. The molecule has 1 aromatic carbocycles. The molecular formula is C15H22N2O. The third-order valence-electron chi connectivity index (χ3n) is 3.58. The van der Waals surface area contributed by atoms with Crippen LogP contribution in [0.4, 0.5) is 0 Å². The molecule has 0 saturated carbocycles. The van der Waals surface area contributed by atoms with Crippen LogP contribution in [0.1, 0.15) is 37.3 Å². The Morgan fingerprint density at radius 3 is 2.78 bits per heavy atom. The number of carbonyl (C=O) groups is 1. The van der Waals surface area contributed by atoms with Crippen molar-refractivity contribution in [3.8, 4) is 0 Å². The first-order valence-corrected chi connectivity index (χ1v) is 6.89. The van der Waals surface area contributed by atoms with Crippen molar-refractivity contribution in [3.63, 3.8) is 0 Å². The summed E-state index contributed by atoms with van der Waals surface area (Å²) in [5.41, 5.74) is 2.54. The van der Waals surface area contributed by atoms with Gasteiger partial charge in [0.1, 0.15) is 0 Å². The van der Waals surface area contributed by atoms with Gasteiger partial charge in [-0.1, -0.05) is 37.6 Å². The zero-order valence-electron chi connectivity index (χ0n) is 11.0. The minimum absolute atomic E-state index is 0.00698. The van der Waals surface area contributed by atoms with Gasteiger partial charge in [-0.2, -0.15) is 0 Å². The topological polar surface area (TPSA) is 41.1 Å². The van der Waals surface area contributed by atoms with Crippen LogP contribution in [0, 0.1) is 0 Å². The third kappa shape index (κ3) is 3.33. The van der Waals surface area contributed by atoms with Crippen LogP contribution in [-0.4, -0.2) is 18.5 Å². The fraction of sp³-hybridized carbons (Fsp3) is 0.533. The highest BCUT2D eigenvalue weighted by Crippen LogP contribution is 2.10. The van der Waals surface area contributed by atoms with E-state index in [1.807, 2.05) is 12.1 Å². The smallest absolute Gasteiger partial charge is 0.237 e. The second-order valence-corrected chi connectivity index (χ2v) is 4.84. The molecule has 1 aliphatic heterocycles. The van der Waals surface area contributed by atoms with E-state index < -0.39 is 0 Å². The molecule has 3 nitrogen and oxygen atoms in total. The molecule has 0 spiro atoms. The number of amides is 1. The van der Waals surface area contributed by atoms with Crippen molar-refractivity contribution in [2.24, 2.45) is 0 Å². The summed E-state index contributed by atoms with van der Waals surface area (Å²) in [6, 6.07) is 8.30. The maximum atomic E-state index is 12.0. The van der Waals surface area contributed by atoms with E-state index in [0.29, 0.717) is 6.54 Å². The number of aryl methyl sites for hydroxylation is 1. The lowest BCUT2D eigenvalue weighted by Crippen LogP contribution is -2.46. The van der Waals surface area contributed by atoms with Gasteiger partial charge in [0.25, 0.3) is 0 Å². The summed E-state index contributed by atoms with van der Waals surface area (Å²) >= 11 is 0. The molecule has 1 aromatic rings. The van der Waals surface area contributed by atoms with E-state index in [0.717, 1.165) is 25.8 Å². The molecule has 1 saturated heterocycles. The first kappa shape index (κ1) is 13.1. The molecular weight excluding hydrogens is 224 g/mol. The Balaban J connectivity index is 1.88. The first-order valence-electron chi connectivity index (χ1n) is 6.89. The van der Waals surface area contributed by atoms with Gasteiger partial charge < -0.3 is 10.6 Å². The van der Waals surface area contributed by atoms with Crippen LogP contribution in [0.25, 0.3) is 0 Å². The molecule has 1 aliphatic rings. The summed E-state index contributed by atoms with van der Waals surface area (Å²) < 4.78 is 0. The zero-order chi connectivity index (χ0) is 12.8. The van der Waals surface area contributed by atoms with Crippen LogP contribution < -0.4 is 10.6 Å². The largest absolute Gasteiger partial charge is 0.351 e. The Labute approximate surface area is 109 Å². The Kier molecular flexibility index (Phi) is 4.76. The predicted molar refractivity (Wildman–Crippen MR) is 73.3 cm³/mol. The van der Waals surface area contributed by atoms with E-state index in [1.54, 1.807) is 0 Å². The molecule has 1 fully saturated rings. The second kappa shape index (κ2) is 6.55. The fourth-order valence-electron chi connectivity index (χ4n) is 2.46. The van der Waals surface area contributed by atoms with Crippen molar-refractivity contribution in [1.29, 1.82) is 0 Å². The van der Waals surface area contributed by atoms with Crippen molar-refractivity contribution in [2.45, 2.75) is 45.2 Å². The van der Waals surface area contributed by atoms with Gasteiger partial charge in [-0.05, 0) is 36.9 Å². The fourth-order valence-corrected chi connectivity index (χ4v) is 2.46. The summed E-state index contributed by atoms with van der Waals surface area (Å²) in [6.45, 7) is 3.74. The molecule has 2 rings (SSSR count). The quantitative estimate of drug-likeness (QED) is 0.853. The Morgan fingerprint density at radius 2 is 2.11 bits per heavy atom. The van der Waals surface area contributed by atoms with E-state index >= 15 is 0 Å². The van der Waals surface area contributed by atoms with Gasteiger partial charge in [0.15, 0.2) is 0 Å². The molecule has 1 heterocycles. The van der Waals surface area contributed by atoms with Crippen molar-refractivity contribution < 1.29 is 4.79 Å². The summed E-state index contributed by atoms with van der Waals surface area (Å²) in [6.07, 6.45) is 4.30. The molecule has 0 radical (unpaired) electrons. The normalized spacial score (nSPS) is 19.5. The van der Waals surface area contributed by atoms with Gasteiger partial charge >= 0.3 is 0 Å². The summed E-state index contributed by atoms with van der Waals surface area (Å²) in [7, 11) is 0. The van der Waals surface area contributed by atoms with Crippen molar-refractivity contribution in [1.82, 2.24) is 10.6 Å². The first-order chi connectivity index (χ1) is 8.81. The number of hydrogen-bond acceptors (Lipinski definition) is 2. The lowest BCUT2D eigenvalue weighted by atomic mass is 10.0. The van der Waals surface area contributed by atoms with Crippen LogP contribution in [0.2, 0.25) is 0 Å². The molecule has 0 aliphatic carbocycles. The van der Waals surface area contributed by atoms with E-state index in [-0.39, 0.29) is 11.9 Å². The van der Waals surface area contributed by atoms with Crippen molar-refractivity contribution in [3.05, 3.63) is 35.4 Å². The molecule has 0 bridgehead atoms. The van der Waals surface area contributed by atoms with Crippen molar-refractivity contribution in [2.75, 3.05) is 6.54 Å². The number of nitrogens with one attached hydrogen (secondary N) is 2. The van der Waals surface area contributed by atoms with Gasteiger partial charge in [-0.15, -0.1) is 0 Å². The average molecular weight is 246 g/mol. The van der Waals surface area contributed by atoms with Gasteiger partial charge in [0.2, 0.25) is 5.91 Å². The molecule has 0 unspecified atom stereocenters. The van der Waals surface area contributed by atoms with Gasteiger partial charge in [-0.25, -0.2) is 0 Å². The van der Waals surface area contributed by atoms with E-state index in [1.165, 1.54) is 17.5 Å². The van der Waals surface area contributed by atoms with Crippen LogP contribution >= 0.6 is 0 Å². The molecule has 0 aromatic heterocycles. The number of rotatable bonds is 4. The van der Waals surface area contributed by atoms with Crippen LogP contribution in [0.3, 0.4) is 0 Å². The standard InChI is InChI=1S/C15H22N2O/c1-2-12-7-3-4-8-13(12)11-17-15(18)14-9-5-6-10-16-14/h3-4,7-8,14,16H,2,5-6,9-11H2,1H3,(H,17,18)/t14-/m1/s1. The summed E-state index contributed by atoms with van der Waals surface area (Å²) in [5.74, 6) is 0.139. The lowest BCUT2D eigenvalue weighted by Gasteiger charge is -2.22. The highest BCUT2D eigenvalue weighted by Gasteiger charge is 2.19. The minimum atomic E-state index is 0.00698. The number of piperidine rings is 1. The molecule has 3 heteroatoms. The molecule has 1 amide bonds. The maximum absolute atomic E-state index is 12.0. The highest BCUT2D eigenvalue weighted by atomic mass is 16.2. The molecule has 1 atom stereocenters. The Bertz CT molecular complexity index is 397. The predicted octanol–water partition coefficient (Wildman–Crippen LogP) is 2.01. The zero-order valence-corrected chi connectivity index (χ0v) is 11.0. The SMILES string of the molecule is CCc1ccccc1CNC(=O)[C@H]1CCCCN1.